The fourth-order valence-electron chi connectivity index (χ4n) is 3.39. The molecule has 2 heterocycles. The van der Waals surface area contributed by atoms with E-state index in [1.807, 2.05) is 12.1 Å². The van der Waals surface area contributed by atoms with Crippen molar-refractivity contribution in [1.29, 1.82) is 0 Å². The number of aliphatic hydroxyl groups is 1. The van der Waals surface area contributed by atoms with Crippen LogP contribution in [0.2, 0.25) is 5.02 Å². The number of anilines is 1. The van der Waals surface area contributed by atoms with Gasteiger partial charge in [0.1, 0.15) is 5.75 Å². The molecule has 2 saturated heterocycles. The molecule has 0 spiro atoms. The Morgan fingerprint density at radius 1 is 1.28 bits per heavy atom. The van der Waals surface area contributed by atoms with Crippen molar-refractivity contribution in [1.82, 2.24) is 0 Å². The van der Waals surface area contributed by atoms with Crippen LogP contribution in [0.1, 0.15) is 25.7 Å². The Kier molecular flexibility index (Phi) is 3.12. The van der Waals surface area contributed by atoms with E-state index in [4.69, 9.17) is 16.3 Å². The Hall–Kier alpha value is -0.930. The maximum atomic E-state index is 9.82. The molecule has 2 aliphatic heterocycles. The van der Waals surface area contributed by atoms with E-state index in [-0.39, 0.29) is 6.10 Å². The number of fused-ring (bicyclic) bond motifs is 2. The van der Waals surface area contributed by atoms with Gasteiger partial charge in [-0.05, 0) is 43.9 Å². The van der Waals surface area contributed by atoms with E-state index >= 15 is 0 Å². The van der Waals surface area contributed by atoms with Crippen LogP contribution in [-0.2, 0) is 0 Å². The molecule has 4 heteroatoms. The predicted octanol–water partition coefficient (Wildman–Crippen LogP) is 2.84. The van der Waals surface area contributed by atoms with Crippen molar-refractivity contribution in [3.05, 3.63) is 23.2 Å². The Morgan fingerprint density at radius 3 is 2.50 bits per heavy atom. The molecule has 0 saturated carbocycles. The van der Waals surface area contributed by atoms with Crippen molar-refractivity contribution in [2.24, 2.45) is 0 Å². The number of methoxy groups -OCH3 is 1. The first-order valence-electron chi connectivity index (χ1n) is 6.49. The van der Waals surface area contributed by atoms with Gasteiger partial charge < -0.3 is 14.7 Å². The molecule has 1 N–H and O–H groups in total. The Bertz CT molecular complexity index is 437. The van der Waals surface area contributed by atoms with Gasteiger partial charge in [0.25, 0.3) is 0 Å². The molecule has 2 bridgehead atoms. The summed E-state index contributed by atoms with van der Waals surface area (Å²) in [5.74, 6) is 0.713. The standard InChI is InChI=1S/C14H18ClNO2/c1-18-14-5-4-11(8-13(14)15)16-9-2-3-10(16)7-12(17)6-9/h4-5,8-10,12,17H,2-3,6-7H2,1H3. The smallest absolute Gasteiger partial charge is 0.137 e. The van der Waals surface area contributed by atoms with Crippen LogP contribution in [0.3, 0.4) is 0 Å². The van der Waals surface area contributed by atoms with Crippen LogP contribution in [0, 0.1) is 0 Å². The molecule has 98 valence electrons. The maximum Gasteiger partial charge on any atom is 0.137 e. The van der Waals surface area contributed by atoms with Crippen molar-refractivity contribution in [3.8, 4) is 5.75 Å². The SMILES string of the molecule is COc1ccc(N2C3CCC2CC(O)C3)cc1Cl. The Balaban J connectivity index is 1.89. The van der Waals surface area contributed by atoms with Crippen molar-refractivity contribution < 1.29 is 9.84 Å². The first kappa shape index (κ1) is 12.1. The van der Waals surface area contributed by atoms with Crippen LogP contribution in [-0.4, -0.2) is 30.4 Å². The van der Waals surface area contributed by atoms with E-state index in [1.54, 1.807) is 7.11 Å². The monoisotopic (exact) mass is 267 g/mol. The van der Waals surface area contributed by atoms with E-state index in [0.717, 1.165) is 18.5 Å². The molecule has 2 fully saturated rings. The number of aliphatic hydroxyl groups excluding tert-OH is 1. The van der Waals surface area contributed by atoms with Gasteiger partial charge >= 0.3 is 0 Å². The predicted molar refractivity (Wildman–Crippen MR) is 72.5 cm³/mol. The summed E-state index contributed by atoms with van der Waals surface area (Å²) in [4.78, 5) is 2.43. The lowest BCUT2D eigenvalue weighted by molar-refractivity contribution is 0.126. The molecule has 1 aromatic carbocycles. The molecular formula is C14H18ClNO2. The second-order valence-corrected chi connectivity index (χ2v) is 5.64. The van der Waals surface area contributed by atoms with E-state index < -0.39 is 0 Å². The minimum absolute atomic E-state index is 0.132. The lowest BCUT2D eigenvalue weighted by atomic mass is 9.99. The topological polar surface area (TPSA) is 32.7 Å². The van der Waals surface area contributed by atoms with Gasteiger partial charge in [-0.3, -0.25) is 0 Å². The molecule has 0 aromatic heterocycles. The van der Waals surface area contributed by atoms with Gasteiger partial charge in [-0.15, -0.1) is 0 Å². The highest BCUT2D eigenvalue weighted by Crippen LogP contribution is 2.41. The van der Waals surface area contributed by atoms with Crippen LogP contribution < -0.4 is 9.64 Å². The maximum absolute atomic E-state index is 9.82. The Labute approximate surface area is 112 Å². The summed E-state index contributed by atoms with van der Waals surface area (Å²) in [6.45, 7) is 0. The van der Waals surface area contributed by atoms with Crippen LogP contribution in [0.5, 0.6) is 5.75 Å². The summed E-state index contributed by atoms with van der Waals surface area (Å²) >= 11 is 6.19. The molecule has 1 aromatic rings. The summed E-state index contributed by atoms with van der Waals surface area (Å²) in [6.07, 6.45) is 3.96. The molecule has 2 unspecified atom stereocenters. The number of hydrogen-bond acceptors (Lipinski definition) is 3. The van der Waals surface area contributed by atoms with Crippen LogP contribution >= 0.6 is 11.6 Å². The van der Waals surface area contributed by atoms with Crippen LogP contribution in [0.25, 0.3) is 0 Å². The molecule has 3 nitrogen and oxygen atoms in total. The molecule has 3 rings (SSSR count). The van der Waals surface area contributed by atoms with E-state index in [2.05, 4.69) is 11.0 Å². The van der Waals surface area contributed by atoms with Gasteiger partial charge in [0, 0.05) is 17.8 Å². The highest BCUT2D eigenvalue weighted by Gasteiger charge is 2.40. The molecule has 0 radical (unpaired) electrons. The third-order valence-corrected chi connectivity index (χ3v) is 4.44. The molecule has 2 aliphatic rings. The van der Waals surface area contributed by atoms with Gasteiger partial charge in [0.15, 0.2) is 0 Å². The minimum atomic E-state index is -0.132. The summed E-state index contributed by atoms with van der Waals surface area (Å²) in [5.41, 5.74) is 1.15. The molecule has 0 aliphatic carbocycles. The van der Waals surface area contributed by atoms with Gasteiger partial charge in [-0.25, -0.2) is 0 Å². The zero-order chi connectivity index (χ0) is 12.7. The van der Waals surface area contributed by atoms with Gasteiger partial charge in [0.05, 0.1) is 18.2 Å². The van der Waals surface area contributed by atoms with Gasteiger partial charge in [-0.2, -0.15) is 0 Å². The average molecular weight is 268 g/mol. The lowest BCUT2D eigenvalue weighted by Gasteiger charge is -2.39. The number of hydrogen-bond donors (Lipinski definition) is 1. The first-order chi connectivity index (χ1) is 8.69. The highest BCUT2D eigenvalue weighted by atomic mass is 35.5. The van der Waals surface area contributed by atoms with Crippen molar-refractivity contribution in [2.45, 2.75) is 43.9 Å². The zero-order valence-electron chi connectivity index (χ0n) is 10.5. The molecule has 18 heavy (non-hydrogen) atoms. The number of benzene rings is 1. The molecule has 0 amide bonds. The normalized spacial score (nSPS) is 30.6. The second kappa shape index (κ2) is 4.63. The van der Waals surface area contributed by atoms with Gasteiger partial charge in [0.2, 0.25) is 0 Å². The van der Waals surface area contributed by atoms with E-state index in [0.29, 0.717) is 22.9 Å². The fraction of sp³-hybridized carbons (Fsp3) is 0.571. The molecule has 2 atom stereocenters. The minimum Gasteiger partial charge on any atom is -0.495 e. The van der Waals surface area contributed by atoms with E-state index in [1.165, 1.54) is 12.8 Å². The zero-order valence-corrected chi connectivity index (χ0v) is 11.2. The summed E-state index contributed by atoms with van der Waals surface area (Å²) < 4.78 is 5.18. The Morgan fingerprint density at radius 2 is 1.94 bits per heavy atom. The third-order valence-electron chi connectivity index (χ3n) is 4.14. The number of ether oxygens (including phenoxy) is 1. The number of rotatable bonds is 2. The largest absolute Gasteiger partial charge is 0.495 e. The van der Waals surface area contributed by atoms with Gasteiger partial charge in [-0.1, -0.05) is 11.6 Å². The number of piperidine rings is 1. The third kappa shape index (κ3) is 1.95. The molecular weight excluding hydrogens is 250 g/mol. The quantitative estimate of drug-likeness (QED) is 0.894. The summed E-state index contributed by atoms with van der Waals surface area (Å²) in [7, 11) is 1.63. The summed E-state index contributed by atoms with van der Waals surface area (Å²) in [5, 5.41) is 10.5. The number of halogens is 1. The summed E-state index contributed by atoms with van der Waals surface area (Å²) in [6, 6.07) is 6.88. The van der Waals surface area contributed by atoms with Crippen LogP contribution in [0.4, 0.5) is 5.69 Å². The fourth-order valence-corrected chi connectivity index (χ4v) is 3.64. The average Bonchev–Trinajstić information content (AvgIpc) is 2.61. The van der Waals surface area contributed by atoms with Crippen molar-refractivity contribution in [3.63, 3.8) is 0 Å². The highest BCUT2D eigenvalue weighted by molar-refractivity contribution is 6.32. The first-order valence-corrected chi connectivity index (χ1v) is 6.87. The van der Waals surface area contributed by atoms with E-state index in [9.17, 15) is 5.11 Å². The van der Waals surface area contributed by atoms with Crippen molar-refractivity contribution >= 4 is 17.3 Å². The lowest BCUT2D eigenvalue weighted by Crippen LogP contribution is -2.44. The van der Waals surface area contributed by atoms with Crippen molar-refractivity contribution in [2.75, 3.05) is 12.0 Å². The number of nitrogens with zero attached hydrogens (tertiary/aromatic N) is 1. The van der Waals surface area contributed by atoms with Crippen LogP contribution in [0.15, 0.2) is 18.2 Å². The second-order valence-electron chi connectivity index (χ2n) is 5.24.